The van der Waals surface area contributed by atoms with E-state index in [1.165, 1.54) is 23.5 Å². The summed E-state index contributed by atoms with van der Waals surface area (Å²) < 4.78 is 13.0. The SMILES string of the molecule is NC(=O)c1c(-c2cccc(F)c2)csc1N. The predicted molar refractivity (Wildman–Crippen MR) is 62.6 cm³/mol. The van der Waals surface area contributed by atoms with E-state index in [2.05, 4.69) is 0 Å². The van der Waals surface area contributed by atoms with E-state index in [9.17, 15) is 9.18 Å². The Morgan fingerprint density at radius 3 is 2.75 bits per heavy atom. The third-order valence-corrected chi connectivity index (χ3v) is 3.01. The number of anilines is 1. The molecule has 0 atom stereocenters. The minimum atomic E-state index is -0.599. The van der Waals surface area contributed by atoms with Gasteiger partial charge in [0.15, 0.2) is 0 Å². The number of carbonyl (C=O) groups excluding carboxylic acids is 1. The summed E-state index contributed by atoms with van der Waals surface area (Å²) in [5.41, 5.74) is 12.3. The summed E-state index contributed by atoms with van der Waals surface area (Å²) in [4.78, 5) is 11.2. The van der Waals surface area contributed by atoms with Crippen molar-refractivity contribution in [1.29, 1.82) is 0 Å². The van der Waals surface area contributed by atoms with Gasteiger partial charge in [0.1, 0.15) is 5.82 Å². The van der Waals surface area contributed by atoms with Gasteiger partial charge < -0.3 is 11.5 Å². The highest BCUT2D eigenvalue weighted by atomic mass is 32.1. The summed E-state index contributed by atoms with van der Waals surface area (Å²) in [7, 11) is 0. The van der Waals surface area contributed by atoms with E-state index in [-0.39, 0.29) is 11.4 Å². The first-order valence-corrected chi connectivity index (χ1v) is 5.40. The van der Waals surface area contributed by atoms with Gasteiger partial charge in [-0.3, -0.25) is 4.79 Å². The fourth-order valence-corrected chi connectivity index (χ4v) is 2.32. The molecule has 2 aromatic rings. The monoisotopic (exact) mass is 236 g/mol. The summed E-state index contributed by atoms with van der Waals surface area (Å²) in [6.07, 6.45) is 0. The summed E-state index contributed by atoms with van der Waals surface area (Å²) >= 11 is 1.21. The van der Waals surface area contributed by atoms with Crippen molar-refractivity contribution >= 4 is 22.2 Å². The number of thiophene rings is 1. The number of nitrogen functional groups attached to an aromatic ring is 1. The second kappa shape index (κ2) is 3.94. The van der Waals surface area contributed by atoms with Crippen LogP contribution in [0.15, 0.2) is 29.6 Å². The average Bonchev–Trinajstić information content (AvgIpc) is 2.60. The van der Waals surface area contributed by atoms with Gasteiger partial charge in [0, 0.05) is 10.9 Å². The molecule has 2 rings (SSSR count). The van der Waals surface area contributed by atoms with Gasteiger partial charge in [-0.15, -0.1) is 11.3 Å². The Hall–Kier alpha value is -1.88. The molecule has 0 saturated heterocycles. The van der Waals surface area contributed by atoms with Crippen LogP contribution >= 0.6 is 11.3 Å². The standard InChI is InChI=1S/C11H9FN2OS/c12-7-3-1-2-6(4-7)8-5-16-11(14)9(8)10(13)15/h1-5H,14H2,(H2,13,15). The van der Waals surface area contributed by atoms with Crippen LogP contribution in [-0.4, -0.2) is 5.91 Å². The van der Waals surface area contributed by atoms with Gasteiger partial charge in [0.05, 0.1) is 10.6 Å². The molecule has 1 aromatic heterocycles. The van der Waals surface area contributed by atoms with Crippen molar-refractivity contribution in [2.45, 2.75) is 0 Å². The Kier molecular flexibility index (Phi) is 2.62. The molecule has 0 radical (unpaired) electrons. The van der Waals surface area contributed by atoms with Crippen LogP contribution in [-0.2, 0) is 0 Å². The van der Waals surface area contributed by atoms with Gasteiger partial charge in [0.2, 0.25) is 0 Å². The molecule has 0 aliphatic heterocycles. The van der Waals surface area contributed by atoms with Crippen molar-refractivity contribution in [2.24, 2.45) is 5.73 Å². The van der Waals surface area contributed by atoms with Crippen LogP contribution in [0.25, 0.3) is 11.1 Å². The van der Waals surface area contributed by atoms with Crippen LogP contribution in [0.4, 0.5) is 9.39 Å². The second-order valence-corrected chi connectivity index (χ2v) is 4.17. The summed E-state index contributed by atoms with van der Waals surface area (Å²) in [6, 6.07) is 5.96. The lowest BCUT2D eigenvalue weighted by Gasteiger charge is -2.02. The number of halogens is 1. The quantitative estimate of drug-likeness (QED) is 0.839. The van der Waals surface area contributed by atoms with Crippen molar-refractivity contribution in [3.05, 3.63) is 41.0 Å². The maximum atomic E-state index is 13.0. The zero-order chi connectivity index (χ0) is 11.7. The van der Waals surface area contributed by atoms with Gasteiger partial charge in [-0.2, -0.15) is 0 Å². The van der Waals surface area contributed by atoms with Crippen molar-refractivity contribution < 1.29 is 9.18 Å². The van der Waals surface area contributed by atoms with E-state index in [0.29, 0.717) is 16.1 Å². The molecule has 1 aromatic carbocycles. The van der Waals surface area contributed by atoms with E-state index in [1.807, 2.05) is 0 Å². The molecule has 0 aliphatic rings. The molecule has 0 unspecified atom stereocenters. The molecule has 0 bridgehead atoms. The summed E-state index contributed by atoms with van der Waals surface area (Å²) in [5.74, 6) is -0.962. The Balaban J connectivity index is 2.60. The van der Waals surface area contributed by atoms with Crippen LogP contribution in [0.2, 0.25) is 0 Å². The molecule has 0 saturated carbocycles. The number of hydrogen-bond acceptors (Lipinski definition) is 3. The highest BCUT2D eigenvalue weighted by Crippen LogP contribution is 2.33. The number of benzene rings is 1. The lowest BCUT2D eigenvalue weighted by Crippen LogP contribution is -2.12. The molecule has 0 spiro atoms. The molecular weight excluding hydrogens is 227 g/mol. The zero-order valence-electron chi connectivity index (χ0n) is 8.24. The van der Waals surface area contributed by atoms with E-state index in [0.717, 1.165) is 0 Å². The number of primary amides is 1. The minimum absolute atomic E-state index is 0.260. The first-order chi connectivity index (χ1) is 7.59. The number of hydrogen-bond donors (Lipinski definition) is 2. The van der Waals surface area contributed by atoms with Crippen LogP contribution in [0.3, 0.4) is 0 Å². The molecular formula is C11H9FN2OS. The van der Waals surface area contributed by atoms with E-state index < -0.39 is 5.91 Å². The van der Waals surface area contributed by atoms with Crippen molar-refractivity contribution in [3.63, 3.8) is 0 Å². The normalized spacial score (nSPS) is 10.3. The Morgan fingerprint density at radius 1 is 1.38 bits per heavy atom. The molecule has 0 aliphatic carbocycles. The maximum Gasteiger partial charge on any atom is 0.252 e. The number of rotatable bonds is 2. The van der Waals surface area contributed by atoms with Crippen molar-refractivity contribution in [3.8, 4) is 11.1 Å². The van der Waals surface area contributed by atoms with Crippen LogP contribution in [0.1, 0.15) is 10.4 Å². The molecule has 1 heterocycles. The van der Waals surface area contributed by atoms with Gasteiger partial charge in [-0.25, -0.2) is 4.39 Å². The summed E-state index contributed by atoms with van der Waals surface area (Å²) in [6.45, 7) is 0. The molecule has 1 amide bonds. The Bertz CT molecular complexity index is 551. The Labute approximate surface area is 95.5 Å². The first-order valence-electron chi connectivity index (χ1n) is 4.52. The zero-order valence-corrected chi connectivity index (χ0v) is 9.05. The minimum Gasteiger partial charge on any atom is -0.390 e. The van der Waals surface area contributed by atoms with E-state index >= 15 is 0 Å². The fraction of sp³-hybridized carbons (Fsp3) is 0. The maximum absolute atomic E-state index is 13.0. The van der Waals surface area contributed by atoms with Crippen LogP contribution < -0.4 is 11.5 Å². The average molecular weight is 236 g/mol. The van der Waals surface area contributed by atoms with Crippen molar-refractivity contribution in [2.75, 3.05) is 5.73 Å². The van der Waals surface area contributed by atoms with E-state index in [4.69, 9.17) is 11.5 Å². The number of amides is 1. The molecule has 5 heteroatoms. The van der Waals surface area contributed by atoms with Gasteiger partial charge in [-0.05, 0) is 17.7 Å². The smallest absolute Gasteiger partial charge is 0.252 e. The highest BCUT2D eigenvalue weighted by molar-refractivity contribution is 7.15. The fourth-order valence-electron chi connectivity index (χ4n) is 1.50. The second-order valence-electron chi connectivity index (χ2n) is 3.26. The molecule has 4 N–H and O–H groups in total. The summed E-state index contributed by atoms with van der Waals surface area (Å²) in [5, 5.41) is 2.05. The molecule has 3 nitrogen and oxygen atoms in total. The van der Waals surface area contributed by atoms with Gasteiger partial charge in [-0.1, -0.05) is 12.1 Å². The molecule has 82 valence electrons. The van der Waals surface area contributed by atoms with Gasteiger partial charge >= 0.3 is 0 Å². The van der Waals surface area contributed by atoms with Crippen LogP contribution in [0, 0.1) is 5.82 Å². The topological polar surface area (TPSA) is 69.1 Å². The molecule has 16 heavy (non-hydrogen) atoms. The largest absolute Gasteiger partial charge is 0.390 e. The third kappa shape index (κ3) is 1.77. The highest BCUT2D eigenvalue weighted by Gasteiger charge is 2.16. The third-order valence-electron chi connectivity index (χ3n) is 2.20. The van der Waals surface area contributed by atoms with E-state index in [1.54, 1.807) is 17.5 Å². The van der Waals surface area contributed by atoms with Crippen LogP contribution in [0.5, 0.6) is 0 Å². The lowest BCUT2D eigenvalue weighted by atomic mass is 10.0. The van der Waals surface area contributed by atoms with Gasteiger partial charge in [0.25, 0.3) is 5.91 Å². The first kappa shape index (κ1) is 10.6. The lowest BCUT2D eigenvalue weighted by molar-refractivity contribution is 0.100. The Morgan fingerprint density at radius 2 is 2.12 bits per heavy atom. The predicted octanol–water partition coefficient (Wildman–Crippen LogP) is 2.24. The molecule has 0 fully saturated rings. The number of nitrogens with two attached hydrogens (primary N) is 2. The van der Waals surface area contributed by atoms with Crippen molar-refractivity contribution in [1.82, 2.24) is 0 Å². The number of carbonyl (C=O) groups is 1.